The van der Waals surface area contributed by atoms with Gasteiger partial charge in [-0.05, 0) is 36.8 Å². The summed E-state index contributed by atoms with van der Waals surface area (Å²) in [5.41, 5.74) is 6.72. The number of hydrogen-bond donors (Lipinski definition) is 2. The van der Waals surface area contributed by atoms with Crippen LogP contribution in [-0.4, -0.2) is 30.9 Å². The molecule has 0 bridgehead atoms. The molecule has 122 valence electrons. The Morgan fingerprint density at radius 2 is 1.87 bits per heavy atom. The normalized spacial score (nSPS) is 27.0. The zero-order chi connectivity index (χ0) is 16.8. The molecule has 2 aromatic rings. The standard InChI is InChI=1S/C17H18ClNO3S/c1-11-5-7-14(8-6-11)23(21,22)16-15(17(16,19)10-20)12-3-2-4-13(18)9-12/h2-9,15-16,20H,10,19H2,1H3/t15-,16+,17+/m1/s1. The Balaban J connectivity index is 2.03. The van der Waals surface area contributed by atoms with Crippen molar-refractivity contribution in [1.82, 2.24) is 0 Å². The Morgan fingerprint density at radius 1 is 1.22 bits per heavy atom. The number of rotatable bonds is 4. The molecule has 0 radical (unpaired) electrons. The van der Waals surface area contributed by atoms with E-state index in [1.54, 1.807) is 48.5 Å². The minimum absolute atomic E-state index is 0.223. The van der Waals surface area contributed by atoms with E-state index in [1.165, 1.54) is 0 Å². The molecule has 1 fully saturated rings. The minimum Gasteiger partial charge on any atom is -0.394 e. The average Bonchev–Trinajstić information content (AvgIpc) is 3.15. The second-order valence-electron chi connectivity index (χ2n) is 6.08. The zero-order valence-electron chi connectivity index (χ0n) is 12.6. The van der Waals surface area contributed by atoms with Crippen LogP contribution in [0.3, 0.4) is 0 Å². The van der Waals surface area contributed by atoms with Crippen LogP contribution in [0.15, 0.2) is 53.4 Å². The van der Waals surface area contributed by atoms with Gasteiger partial charge in [-0.3, -0.25) is 0 Å². The van der Waals surface area contributed by atoms with Gasteiger partial charge in [-0.1, -0.05) is 41.4 Å². The van der Waals surface area contributed by atoms with Gasteiger partial charge in [-0.25, -0.2) is 8.42 Å². The minimum atomic E-state index is -3.64. The number of aliphatic hydroxyl groups excluding tert-OH is 1. The molecule has 1 aliphatic carbocycles. The van der Waals surface area contributed by atoms with Crippen molar-refractivity contribution in [3.63, 3.8) is 0 Å². The Labute approximate surface area is 140 Å². The highest BCUT2D eigenvalue weighted by Gasteiger charge is 2.69. The maximum absolute atomic E-state index is 12.9. The summed E-state index contributed by atoms with van der Waals surface area (Å²) >= 11 is 6.00. The summed E-state index contributed by atoms with van der Waals surface area (Å²) in [4.78, 5) is 0.223. The van der Waals surface area contributed by atoms with Crippen LogP contribution in [-0.2, 0) is 9.84 Å². The van der Waals surface area contributed by atoms with Crippen molar-refractivity contribution in [2.24, 2.45) is 5.73 Å². The number of sulfone groups is 1. The molecular formula is C17H18ClNO3S. The molecule has 0 aromatic heterocycles. The molecule has 1 aliphatic rings. The number of aryl methyl sites for hydroxylation is 1. The summed E-state index contributed by atoms with van der Waals surface area (Å²) in [5, 5.41) is 9.32. The van der Waals surface area contributed by atoms with Crippen LogP contribution in [0.25, 0.3) is 0 Å². The molecular weight excluding hydrogens is 334 g/mol. The van der Waals surface area contributed by atoms with Gasteiger partial charge in [0.2, 0.25) is 0 Å². The van der Waals surface area contributed by atoms with E-state index in [9.17, 15) is 13.5 Å². The number of halogens is 1. The van der Waals surface area contributed by atoms with Gasteiger partial charge in [0.25, 0.3) is 0 Å². The van der Waals surface area contributed by atoms with E-state index in [0.717, 1.165) is 11.1 Å². The Morgan fingerprint density at radius 3 is 2.43 bits per heavy atom. The van der Waals surface area contributed by atoms with Crippen molar-refractivity contribution in [1.29, 1.82) is 0 Å². The molecule has 2 aromatic carbocycles. The van der Waals surface area contributed by atoms with Crippen molar-refractivity contribution in [3.8, 4) is 0 Å². The van der Waals surface area contributed by atoms with Crippen LogP contribution in [0.1, 0.15) is 17.0 Å². The SMILES string of the molecule is Cc1ccc(S(=O)(=O)[C@H]2[C@@H](c3cccc(Cl)c3)[C@@]2(N)CO)cc1. The molecule has 0 unspecified atom stereocenters. The van der Waals surface area contributed by atoms with Crippen molar-refractivity contribution >= 4 is 21.4 Å². The van der Waals surface area contributed by atoms with Crippen molar-refractivity contribution in [2.45, 2.75) is 28.5 Å². The summed E-state index contributed by atoms with van der Waals surface area (Å²) < 4.78 is 25.8. The van der Waals surface area contributed by atoms with Crippen LogP contribution in [0.5, 0.6) is 0 Å². The highest BCUT2D eigenvalue weighted by Crippen LogP contribution is 2.55. The first-order chi connectivity index (χ1) is 10.8. The average molecular weight is 352 g/mol. The van der Waals surface area contributed by atoms with Gasteiger partial charge < -0.3 is 10.8 Å². The largest absolute Gasteiger partial charge is 0.394 e. The monoisotopic (exact) mass is 351 g/mol. The van der Waals surface area contributed by atoms with Gasteiger partial charge >= 0.3 is 0 Å². The molecule has 6 heteroatoms. The predicted octanol–water partition coefficient (Wildman–Crippen LogP) is 2.28. The van der Waals surface area contributed by atoms with Crippen LogP contribution in [0.2, 0.25) is 5.02 Å². The second-order valence-corrected chi connectivity index (χ2v) is 8.59. The number of nitrogens with two attached hydrogens (primary N) is 1. The first-order valence-corrected chi connectivity index (χ1v) is 9.19. The third-order valence-corrected chi connectivity index (χ3v) is 7.01. The molecule has 1 saturated carbocycles. The lowest BCUT2D eigenvalue weighted by atomic mass is 10.1. The third kappa shape index (κ3) is 2.68. The van der Waals surface area contributed by atoms with Gasteiger partial charge in [0.1, 0.15) is 0 Å². The summed E-state index contributed by atoms with van der Waals surface area (Å²) in [7, 11) is -3.64. The first-order valence-electron chi connectivity index (χ1n) is 7.26. The summed E-state index contributed by atoms with van der Waals surface area (Å²) in [6, 6.07) is 13.6. The van der Waals surface area contributed by atoms with E-state index in [-0.39, 0.29) is 4.90 Å². The van der Waals surface area contributed by atoms with E-state index in [2.05, 4.69) is 0 Å². The fraction of sp³-hybridized carbons (Fsp3) is 0.294. The lowest BCUT2D eigenvalue weighted by Gasteiger charge is -2.08. The first kappa shape index (κ1) is 16.5. The number of hydrogen-bond acceptors (Lipinski definition) is 4. The third-order valence-electron chi connectivity index (χ3n) is 4.47. The summed E-state index contributed by atoms with van der Waals surface area (Å²) in [6.45, 7) is 1.49. The van der Waals surface area contributed by atoms with Crippen LogP contribution in [0.4, 0.5) is 0 Å². The molecule has 0 amide bonds. The molecule has 0 aliphatic heterocycles. The maximum Gasteiger partial charge on any atom is 0.183 e. The van der Waals surface area contributed by atoms with E-state index in [4.69, 9.17) is 17.3 Å². The summed E-state index contributed by atoms with van der Waals surface area (Å²) in [5.74, 6) is -0.475. The van der Waals surface area contributed by atoms with Gasteiger partial charge in [0.05, 0.1) is 22.3 Å². The molecule has 3 rings (SSSR count). The van der Waals surface area contributed by atoms with Crippen LogP contribution >= 0.6 is 11.6 Å². The zero-order valence-corrected chi connectivity index (χ0v) is 14.2. The lowest BCUT2D eigenvalue weighted by molar-refractivity contribution is 0.253. The molecule has 23 heavy (non-hydrogen) atoms. The predicted molar refractivity (Wildman–Crippen MR) is 90.4 cm³/mol. The molecule has 0 spiro atoms. The van der Waals surface area contributed by atoms with E-state index in [0.29, 0.717) is 5.02 Å². The van der Waals surface area contributed by atoms with Crippen molar-refractivity contribution in [2.75, 3.05) is 6.61 Å². The fourth-order valence-corrected chi connectivity index (χ4v) is 5.64. The van der Waals surface area contributed by atoms with Gasteiger partial charge in [-0.2, -0.15) is 0 Å². The Kier molecular flexibility index (Phi) is 4.01. The Hall–Kier alpha value is -1.40. The number of aliphatic hydroxyl groups is 1. The topological polar surface area (TPSA) is 80.4 Å². The van der Waals surface area contributed by atoms with Crippen LogP contribution in [0, 0.1) is 6.92 Å². The van der Waals surface area contributed by atoms with Crippen molar-refractivity contribution in [3.05, 3.63) is 64.7 Å². The molecule has 3 N–H and O–H groups in total. The molecule has 0 saturated heterocycles. The van der Waals surface area contributed by atoms with E-state index < -0.39 is 33.2 Å². The molecule has 0 heterocycles. The maximum atomic E-state index is 12.9. The highest BCUT2D eigenvalue weighted by molar-refractivity contribution is 7.92. The van der Waals surface area contributed by atoms with Gasteiger partial charge in [-0.15, -0.1) is 0 Å². The lowest BCUT2D eigenvalue weighted by Crippen LogP contribution is -2.35. The quantitative estimate of drug-likeness (QED) is 0.885. The van der Waals surface area contributed by atoms with Gasteiger partial charge in [0, 0.05) is 10.9 Å². The highest BCUT2D eigenvalue weighted by atomic mass is 35.5. The molecule has 3 atom stereocenters. The number of benzene rings is 2. The fourth-order valence-electron chi connectivity index (χ4n) is 3.14. The van der Waals surface area contributed by atoms with Gasteiger partial charge in [0.15, 0.2) is 9.84 Å². The van der Waals surface area contributed by atoms with Crippen LogP contribution < -0.4 is 5.73 Å². The van der Waals surface area contributed by atoms with E-state index in [1.807, 2.05) is 6.92 Å². The smallest absolute Gasteiger partial charge is 0.183 e. The Bertz CT molecular complexity index is 835. The molecule has 4 nitrogen and oxygen atoms in total. The summed E-state index contributed by atoms with van der Waals surface area (Å²) in [6.07, 6.45) is 0. The van der Waals surface area contributed by atoms with Crippen molar-refractivity contribution < 1.29 is 13.5 Å². The van der Waals surface area contributed by atoms with E-state index >= 15 is 0 Å². The second kappa shape index (κ2) is 5.60.